The molecular formula is C19H21FN2O3S. The fraction of sp³-hybridized carbons (Fsp3) is 0.316. The monoisotopic (exact) mass is 376 g/mol. The molecule has 3 rings (SSSR count). The van der Waals surface area contributed by atoms with E-state index in [0.717, 1.165) is 12.8 Å². The summed E-state index contributed by atoms with van der Waals surface area (Å²) in [6, 6.07) is 12.1. The van der Waals surface area contributed by atoms with Crippen LogP contribution >= 0.6 is 0 Å². The number of nitrogens with one attached hydrogen (secondary N) is 1. The molecule has 0 aromatic heterocycles. The number of hydrogen-bond acceptors (Lipinski definition) is 3. The van der Waals surface area contributed by atoms with Crippen molar-refractivity contribution in [1.82, 2.24) is 9.62 Å². The van der Waals surface area contributed by atoms with Crippen molar-refractivity contribution in [1.29, 1.82) is 0 Å². The molecule has 0 bridgehead atoms. The standard InChI is InChI=1S/C19H21FN2O3S/c1-2-22(13-14-4-3-5-16(20)12-14)19(23)15-6-10-18(11-7-15)26(24,25)21-17-8-9-17/h3-7,10-12,17,21H,2,8-9,13H2,1H3. The fourth-order valence-electron chi connectivity index (χ4n) is 2.63. The first-order valence-electron chi connectivity index (χ1n) is 8.55. The number of halogens is 1. The Morgan fingerprint density at radius 2 is 1.88 bits per heavy atom. The van der Waals surface area contributed by atoms with E-state index in [1.807, 2.05) is 6.92 Å². The number of nitrogens with zero attached hydrogens (tertiary/aromatic N) is 1. The van der Waals surface area contributed by atoms with E-state index in [1.165, 1.54) is 36.4 Å². The summed E-state index contributed by atoms with van der Waals surface area (Å²) < 4.78 is 40.3. The Morgan fingerprint density at radius 1 is 1.19 bits per heavy atom. The van der Waals surface area contributed by atoms with E-state index in [1.54, 1.807) is 17.0 Å². The normalized spacial score (nSPS) is 14.2. The summed E-state index contributed by atoms with van der Waals surface area (Å²) >= 11 is 0. The summed E-state index contributed by atoms with van der Waals surface area (Å²) in [4.78, 5) is 14.4. The van der Waals surface area contributed by atoms with Crippen molar-refractivity contribution in [3.05, 3.63) is 65.5 Å². The molecule has 1 aliphatic carbocycles. The maximum atomic E-state index is 13.3. The number of rotatable bonds is 7. The first-order valence-corrected chi connectivity index (χ1v) is 10.0. The van der Waals surface area contributed by atoms with Gasteiger partial charge in [-0.3, -0.25) is 4.79 Å². The minimum absolute atomic E-state index is 0.0307. The van der Waals surface area contributed by atoms with Crippen LogP contribution in [0.5, 0.6) is 0 Å². The van der Waals surface area contributed by atoms with Gasteiger partial charge in [0.25, 0.3) is 5.91 Å². The smallest absolute Gasteiger partial charge is 0.254 e. The van der Waals surface area contributed by atoms with Gasteiger partial charge in [0.2, 0.25) is 10.0 Å². The summed E-state index contributed by atoms with van der Waals surface area (Å²) in [5.74, 6) is -0.570. The predicted molar refractivity (Wildman–Crippen MR) is 96.6 cm³/mol. The summed E-state index contributed by atoms with van der Waals surface area (Å²) in [7, 11) is -3.54. The summed E-state index contributed by atoms with van der Waals surface area (Å²) in [6.45, 7) is 2.59. The molecule has 1 amide bonds. The molecule has 2 aromatic carbocycles. The largest absolute Gasteiger partial charge is 0.335 e. The number of amides is 1. The van der Waals surface area contributed by atoms with Crippen LogP contribution < -0.4 is 4.72 Å². The molecule has 0 atom stereocenters. The lowest BCUT2D eigenvalue weighted by molar-refractivity contribution is 0.0752. The maximum Gasteiger partial charge on any atom is 0.254 e. The van der Waals surface area contributed by atoms with Gasteiger partial charge in [0.1, 0.15) is 5.82 Å². The Hall–Kier alpha value is -2.25. The van der Waals surface area contributed by atoms with Crippen molar-refractivity contribution in [2.75, 3.05) is 6.54 Å². The molecule has 0 aliphatic heterocycles. The first kappa shape index (κ1) is 18.5. The topological polar surface area (TPSA) is 66.5 Å². The second kappa shape index (κ2) is 7.55. The Morgan fingerprint density at radius 3 is 2.46 bits per heavy atom. The maximum absolute atomic E-state index is 13.3. The van der Waals surface area contributed by atoms with Crippen LogP contribution in [0.1, 0.15) is 35.7 Å². The van der Waals surface area contributed by atoms with Gasteiger partial charge >= 0.3 is 0 Å². The van der Waals surface area contributed by atoms with Crippen LogP contribution in [0, 0.1) is 5.82 Å². The second-order valence-electron chi connectivity index (χ2n) is 6.37. The van der Waals surface area contributed by atoms with E-state index in [2.05, 4.69) is 4.72 Å². The molecule has 2 aromatic rings. The molecule has 1 aliphatic rings. The van der Waals surface area contributed by atoms with E-state index in [-0.39, 0.29) is 29.2 Å². The Balaban J connectivity index is 1.73. The Bertz CT molecular complexity index is 893. The molecule has 1 saturated carbocycles. The molecular weight excluding hydrogens is 355 g/mol. The zero-order valence-electron chi connectivity index (χ0n) is 14.5. The number of carbonyl (C=O) groups excluding carboxylic acids is 1. The van der Waals surface area contributed by atoms with Gasteiger partial charge in [-0.15, -0.1) is 0 Å². The first-order chi connectivity index (χ1) is 12.4. The third-order valence-electron chi connectivity index (χ3n) is 4.24. The molecule has 7 heteroatoms. The second-order valence-corrected chi connectivity index (χ2v) is 8.08. The van der Waals surface area contributed by atoms with Crippen LogP contribution in [0.3, 0.4) is 0 Å². The van der Waals surface area contributed by atoms with Gasteiger partial charge in [0, 0.05) is 24.7 Å². The van der Waals surface area contributed by atoms with Crippen LogP contribution in [0.15, 0.2) is 53.4 Å². The number of sulfonamides is 1. The highest BCUT2D eigenvalue weighted by molar-refractivity contribution is 7.89. The minimum atomic E-state index is -3.54. The highest BCUT2D eigenvalue weighted by Crippen LogP contribution is 2.22. The molecule has 1 N–H and O–H groups in total. The molecule has 138 valence electrons. The number of hydrogen-bond donors (Lipinski definition) is 1. The van der Waals surface area contributed by atoms with Crippen LogP contribution in [0.2, 0.25) is 0 Å². The Labute approximate surface area is 152 Å². The molecule has 0 spiro atoms. The molecule has 1 fully saturated rings. The van der Waals surface area contributed by atoms with E-state index < -0.39 is 10.0 Å². The number of benzene rings is 2. The van der Waals surface area contributed by atoms with Crippen LogP contribution in [-0.4, -0.2) is 31.8 Å². The zero-order valence-corrected chi connectivity index (χ0v) is 15.3. The third kappa shape index (κ3) is 4.47. The van der Waals surface area contributed by atoms with Crippen molar-refractivity contribution in [2.45, 2.75) is 37.2 Å². The van der Waals surface area contributed by atoms with Crippen molar-refractivity contribution in [2.24, 2.45) is 0 Å². The lowest BCUT2D eigenvalue weighted by atomic mass is 10.1. The lowest BCUT2D eigenvalue weighted by Crippen LogP contribution is -2.30. The van der Waals surface area contributed by atoms with Crippen molar-refractivity contribution in [3.8, 4) is 0 Å². The van der Waals surface area contributed by atoms with Crippen LogP contribution in [0.25, 0.3) is 0 Å². The van der Waals surface area contributed by atoms with Gasteiger partial charge in [-0.2, -0.15) is 0 Å². The quantitative estimate of drug-likeness (QED) is 0.808. The summed E-state index contributed by atoms with van der Waals surface area (Å²) in [6.07, 6.45) is 1.72. The van der Waals surface area contributed by atoms with Crippen molar-refractivity contribution < 1.29 is 17.6 Å². The SMILES string of the molecule is CCN(Cc1cccc(F)c1)C(=O)c1ccc(S(=O)(=O)NC2CC2)cc1. The molecule has 0 radical (unpaired) electrons. The minimum Gasteiger partial charge on any atom is -0.335 e. The van der Waals surface area contributed by atoms with Crippen LogP contribution in [-0.2, 0) is 16.6 Å². The van der Waals surface area contributed by atoms with Crippen molar-refractivity contribution >= 4 is 15.9 Å². The fourth-order valence-corrected chi connectivity index (χ4v) is 3.94. The molecule has 26 heavy (non-hydrogen) atoms. The lowest BCUT2D eigenvalue weighted by Gasteiger charge is -2.21. The van der Waals surface area contributed by atoms with E-state index >= 15 is 0 Å². The summed E-state index contributed by atoms with van der Waals surface area (Å²) in [5.41, 5.74) is 1.10. The van der Waals surface area contributed by atoms with Gasteiger partial charge in [-0.05, 0) is 61.7 Å². The molecule has 0 unspecified atom stereocenters. The van der Waals surface area contributed by atoms with E-state index in [4.69, 9.17) is 0 Å². The van der Waals surface area contributed by atoms with Gasteiger partial charge in [0.15, 0.2) is 0 Å². The average molecular weight is 376 g/mol. The molecule has 5 nitrogen and oxygen atoms in total. The van der Waals surface area contributed by atoms with Gasteiger partial charge < -0.3 is 4.90 Å². The molecule has 0 saturated heterocycles. The average Bonchev–Trinajstić information content (AvgIpc) is 3.42. The summed E-state index contributed by atoms with van der Waals surface area (Å²) in [5, 5.41) is 0. The highest BCUT2D eigenvalue weighted by atomic mass is 32.2. The predicted octanol–water partition coefficient (Wildman–Crippen LogP) is 2.93. The van der Waals surface area contributed by atoms with Gasteiger partial charge in [-0.1, -0.05) is 12.1 Å². The van der Waals surface area contributed by atoms with Gasteiger partial charge in [0.05, 0.1) is 4.90 Å². The Kier molecular flexibility index (Phi) is 5.38. The highest BCUT2D eigenvalue weighted by Gasteiger charge is 2.28. The van der Waals surface area contributed by atoms with E-state index in [0.29, 0.717) is 17.7 Å². The zero-order chi connectivity index (χ0) is 18.7. The third-order valence-corrected chi connectivity index (χ3v) is 5.78. The van der Waals surface area contributed by atoms with Crippen LogP contribution in [0.4, 0.5) is 4.39 Å². The number of carbonyl (C=O) groups is 1. The molecule has 0 heterocycles. The van der Waals surface area contributed by atoms with E-state index in [9.17, 15) is 17.6 Å². The van der Waals surface area contributed by atoms with Gasteiger partial charge in [-0.25, -0.2) is 17.5 Å². The van der Waals surface area contributed by atoms with Crippen molar-refractivity contribution in [3.63, 3.8) is 0 Å².